The molecule has 0 spiro atoms. The lowest BCUT2D eigenvalue weighted by molar-refractivity contribution is 0.220. The summed E-state index contributed by atoms with van der Waals surface area (Å²) in [7, 11) is 1.81. The zero-order valence-corrected chi connectivity index (χ0v) is 10.3. The van der Waals surface area contributed by atoms with Gasteiger partial charge in [0, 0.05) is 30.1 Å². The number of nitrogens with zero attached hydrogens (tertiary/aromatic N) is 3. The summed E-state index contributed by atoms with van der Waals surface area (Å²) in [5.74, 6) is 0.269. The summed E-state index contributed by atoms with van der Waals surface area (Å²) >= 11 is 5.84. The summed E-state index contributed by atoms with van der Waals surface area (Å²) in [5.41, 5.74) is 7.79. The van der Waals surface area contributed by atoms with E-state index >= 15 is 0 Å². The van der Waals surface area contributed by atoms with Crippen LogP contribution < -0.4 is 5.73 Å². The molecule has 0 fully saturated rings. The van der Waals surface area contributed by atoms with Gasteiger partial charge in [-0.25, -0.2) is 4.98 Å². The molecular weight excluding hydrogens is 240 g/mol. The van der Waals surface area contributed by atoms with E-state index in [2.05, 4.69) is 10.1 Å². The lowest BCUT2D eigenvalue weighted by atomic mass is 10.0. The van der Waals surface area contributed by atoms with E-state index in [1.165, 1.54) is 6.20 Å². The van der Waals surface area contributed by atoms with E-state index in [0.717, 1.165) is 5.69 Å². The minimum atomic E-state index is -0.866. The molecule has 3 N–H and O–H groups in total. The molecule has 0 radical (unpaired) electrons. The van der Waals surface area contributed by atoms with Crippen LogP contribution in [0.5, 0.6) is 0 Å². The molecule has 0 aliphatic carbocycles. The zero-order valence-electron chi connectivity index (χ0n) is 9.55. The Morgan fingerprint density at radius 2 is 2.12 bits per heavy atom. The van der Waals surface area contributed by atoms with Crippen LogP contribution in [-0.2, 0) is 7.05 Å². The zero-order chi connectivity index (χ0) is 12.6. The van der Waals surface area contributed by atoms with Crippen molar-refractivity contribution in [2.45, 2.75) is 13.0 Å². The maximum absolute atomic E-state index is 10.3. The predicted molar refractivity (Wildman–Crippen MR) is 65.7 cm³/mol. The Bertz CT molecular complexity index is 552. The highest BCUT2D eigenvalue weighted by atomic mass is 35.5. The molecule has 0 saturated heterocycles. The Kier molecular flexibility index (Phi) is 3.04. The van der Waals surface area contributed by atoms with E-state index in [4.69, 9.17) is 17.3 Å². The first-order valence-electron chi connectivity index (χ1n) is 5.08. The van der Waals surface area contributed by atoms with Crippen LogP contribution in [0.4, 0.5) is 5.82 Å². The third kappa shape index (κ3) is 2.11. The van der Waals surface area contributed by atoms with Gasteiger partial charge < -0.3 is 10.8 Å². The fourth-order valence-corrected chi connectivity index (χ4v) is 1.80. The van der Waals surface area contributed by atoms with Gasteiger partial charge in [-0.05, 0) is 13.0 Å². The van der Waals surface area contributed by atoms with Crippen LogP contribution in [0.1, 0.15) is 22.9 Å². The molecule has 0 aromatic carbocycles. The van der Waals surface area contributed by atoms with Gasteiger partial charge in [0.05, 0.1) is 11.2 Å². The summed E-state index contributed by atoms with van der Waals surface area (Å²) in [5, 5.41) is 14.8. The highest BCUT2D eigenvalue weighted by molar-refractivity contribution is 6.30. The number of hydrogen-bond donors (Lipinski definition) is 2. The normalized spacial score (nSPS) is 12.7. The highest BCUT2D eigenvalue weighted by Crippen LogP contribution is 2.28. The lowest BCUT2D eigenvalue weighted by Gasteiger charge is -2.12. The Morgan fingerprint density at radius 1 is 1.41 bits per heavy atom. The smallest absolute Gasteiger partial charge is 0.129 e. The van der Waals surface area contributed by atoms with Gasteiger partial charge in [0.25, 0.3) is 0 Å². The van der Waals surface area contributed by atoms with E-state index in [0.29, 0.717) is 16.1 Å². The van der Waals surface area contributed by atoms with Crippen molar-refractivity contribution in [2.24, 2.45) is 7.05 Å². The molecule has 2 aromatic heterocycles. The summed E-state index contributed by atoms with van der Waals surface area (Å²) < 4.78 is 1.69. The van der Waals surface area contributed by atoms with Crippen molar-refractivity contribution in [3.05, 3.63) is 40.3 Å². The number of halogens is 1. The molecule has 0 saturated carbocycles. The summed E-state index contributed by atoms with van der Waals surface area (Å²) in [4.78, 5) is 3.92. The number of aliphatic hydroxyl groups is 1. The van der Waals surface area contributed by atoms with E-state index in [9.17, 15) is 5.11 Å². The Morgan fingerprint density at radius 3 is 2.71 bits per heavy atom. The van der Waals surface area contributed by atoms with Crippen LogP contribution in [0.3, 0.4) is 0 Å². The van der Waals surface area contributed by atoms with Crippen LogP contribution in [-0.4, -0.2) is 19.9 Å². The van der Waals surface area contributed by atoms with Crippen molar-refractivity contribution in [1.82, 2.24) is 14.8 Å². The molecule has 0 aliphatic rings. The van der Waals surface area contributed by atoms with Gasteiger partial charge in [0.1, 0.15) is 11.9 Å². The van der Waals surface area contributed by atoms with Crippen LogP contribution >= 0.6 is 11.6 Å². The maximum atomic E-state index is 10.3. The first-order chi connectivity index (χ1) is 8.00. The second kappa shape index (κ2) is 4.35. The third-order valence-corrected chi connectivity index (χ3v) is 2.99. The number of nitrogens with two attached hydrogens (primary N) is 1. The Hall–Kier alpha value is -1.59. The van der Waals surface area contributed by atoms with Gasteiger partial charge in [-0.2, -0.15) is 5.10 Å². The molecular formula is C11H13ClN4O. The lowest BCUT2D eigenvalue weighted by Crippen LogP contribution is -2.06. The first-order valence-corrected chi connectivity index (χ1v) is 5.46. The van der Waals surface area contributed by atoms with E-state index in [-0.39, 0.29) is 5.82 Å². The fourth-order valence-electron chi connectivity index (χ4n) is 1.64. The minimum absolute atomic E-state index is 0.269. The predicted octanol–water partition coefficient (Wildman–Crippen LogP) is 1.44. The molecule has 2 heterocycles. The number of rotatable bonds is 2. The average molecular weight is 253 g/mol. The van der Waals surface area contributed by atoms with Crippen molar-refractivity contribution in [3.63, 3.8) is 0 Å². The monoisotopic (exact) mass is 252 g/mol. The molecule has 1 atom stereocenters. The summed E-state index contributed by atoms with van der Waals surface area (Å²) in [6, 6.07) is 1.61. The summed E-state index contributed by atoms with van der Waals surface area (Å²) in [6.45, 7) is 1.87. The average Bonchev–Trinajstić information content (AvgIpc) is 2.62. The number of hydrogen-bond acceptors (Lipinski definition) is 4. The van der Waals surface area contributed by atoms with Gasteiger partial charge in [0.2, 0.25) is 0 Å². The SMILES string of the molecule is Cc1c(C(O)c2cc(Cl)cnc2N)cnn1C. The number of pyridine rings is 1. The Balaban J connectivity index is 2.47. The van der Waals surface area contributed by atoms with Crippen molar-refractivity contribution < 1.29 is 5.11 Å². The van der Waals surface area contributed by atoms with Crippen molar-refractivity contribution in [3.8, 4) is 0 Å². The number of aryl methyl sites for hydroxylation is 1. The van der Waals surface area contributed by atoms with Gasteiger partial charge in [-0.15, -0.1) is 0 Å². The second-order valence-electron chi connectivity index (χ2n) is 3.84. The number of nitrogen functional groups attached to an aromatic ring is 1. The highest BCUT2D eigenvalue weighted by Gasteiger charge is 2.19. The molecule has 0 aliphatic heterocycles. The van der Waals surface area contributed by atoms with Crippen molar-refractivity contribution in [2.75, 3.05) is 5.73 Å². The molecule has 90 valence electrons. The molecule has 17 heavy (non-hydrogen) atoms. The molecule has 6 heteroatoms. The van der Waals surface area contributed by atoms with Gasteiger partial charge in [-0.1, -0.05) is 11.6 Å². The van der Waals surface area contributed by atoms with E-state index < -0.39 is 6.10 Å². The standard InChI is InChI=1S/C11H13ClN4O/c1-6-9(5-15-16(6)2)10(17)8-3-7(12)4-14-11(8)13/h3-5,10,17H,1-2H3,(H2,13,14). The summed E-state index contributed by atoms with van der Waals surface area (Å²) in [6.07, 6.45) is 2.19. The molecule has 2 rings (SSSR count). The quantitative estimate of drug-likeness (QED) is 0.848. The second-order valence-corrected chi connectivity index (χ2v) is 4.28. The molecule has 5 nitrogen and oxygen atoms in total. The van der Waals surface area contributed by atoms with Crippen molar-refractivity contribution >= 4 is 17.4 Å². The molecule has 0 amide bonds. The third-order valence-electron chi connectivity index (χ3n) is 2.78. The maximum Gasteiger partial charge on any atom is 0.129 e. The number of aliphatic hydroxyl groups excluding tert-OH is 1. The van der Waals surface area contributed by atoms with E-state index in [1.54, 1.807) is 16.9 Å². The first kappa shape index (κ1) is 11.9. The number of anilines is 1. The van der Waals surface area contributed by atoms with Crippen LogP contribution in [0.15, 0.2) is 18.5 Å². The topological polar surface area (TPSA) is 77.0 Å². The minimum Gasteiger partial charge on any atom is -0.383 e. The molecule has 2 aromatic rings. The van der Waals surface area contributed by atoms with Gasteiger partial charge in [0.15, 0.2) is 0 Å². The number of aromatic nitrogens is 3. The largest absolute Gasteiger partial charge is 0.383 e. The van der Waals surface area contributed by atoms with Gasteiger partial charge in [-0.3, -0.25) is 4.68 Å². The van der Waals surface area contributed by atoms with Crippen LogP contribution in [0.25, 0.3) is 0 Å². The van der Waals surface area contributed by atoms with Gasteiger partial charge >= 0.3 is 0 Å². The van der Waals surface area contributed by atoms with Crippen LogP contribution in [0.2, 0.25) is 5.02 Å². The molecule has 0 bridgehead atoms. The van der Waals surface area contributed by atoms with Crippen LogP contribution in [0, 0.1) is 6.92 Å². The van der Waals surface area contributed by atoms with Crippen molar-refractivity contribution in [1.29, 1.82) is 0 Å². The Labute approximate surface area is 104 Å². The van der Waals surface area contributed by atoms with E-state index in [1.807, 2.05) is 14.0 Å². The molecule has 1 unspecified atom stereocenters. The fraction of sp³-hybridized carbons (Fsp3) is 0.273.